The van der Waals surface area contributed by atoms with E-state index in [4.69, 9.17) is 23.8 Å². The van der Waals surface area contributed by atoms with Gasteiger partial charge in [-0.25, -0.2) is 4.39 Å². The van der Waals surface area contributed by atoms with Crippen molar-refractivity contribution in [3.8, 4) is 5.69 Å². The van der Waals surface area contributed by atoms with Crippen LogP contribution in [0.3, 0.4) is 0 Å². The lowest BCUT2D eigenvalue weighted by molar-refractivity contribution is 0.544. The number of nitrogens with zero attached hydrogens (tertiary/aromatic N) is 3. The molecule has 0 bridgehead atoms. The number of para-hydroxylation sites is 1. The first-order valence-corrected chi connectivity index (χ1v) is 10.6. The number of pyridine rings is 1. The molecular weight excluding hydrogens is 431 g/mol. The Morgan fingerprint density at radius 2 is 1.71 bits per heavy atom. The van der Waals surface area contributed by atoms with E-state index in [1.165, 1.54) is 6.07 Å². The van der Waals surface area contributed by atoms with Crippen LogP contribution in [0, 0.1) is 5.82 Å². The Hall–Kier alpha value is -3.22. The Balaban J connectivity index is 1.68. The summed E-state index contributed by atoms with van der Waals surface area (Å²) in [6, 6.07) is 23.5. The van der Waals surface area contributed by atoms with Gasteiger partial charge in [0.25, 0.3) is 0 Å². The molecule has 5 rings (SSSR count). The molecular formula is C24H18ClFN4S. The fourth-order valence-corrected chi connectivity index (χ4v) is 4.51. The van der Waals surface area contributed by atoms with Crippen LogP contribution in [-0.2, 0) is 0 Å². The van der Waals surface area contributed by atoms with E-state index in [1.807, 2.05) is 76.3 Å². The van der Waals surface area contributed by atoms with Gasteiger partial charge >= 0.3 is 0 Å². The monoisotopic (exact) mass is 448 g/mol. The van der Waals surface area contributed by atoms with E-state index < -0.39 is 0 Å². The molecule has 2 aromatic carbocycles. The molecule has 0 spiro atoms. The van der Waals surface area contributed by atoms with Crippen LogP contribution in [0.5, 0.6) is 0 Å². The molecule has 1 aliphatic rings. The number of rotatable bonds is 4. The fourth-order valence-electron chi connectivity index (χ4n) is 4.04. The highest BCUT2D eigenvalue weighted by Crippen LogP contribution is 2.42. The molecule has 4 aromatic rings. The normalized spacial score (nSPS) is 18.3. The van der Waals surface area contributed by atoms with Crippen molar-refractivity contribution in [1.29, 1.82) is 0 Å². The third kappa shape index (κ3) is 3.58. The molecule has 2 aromatic heterocycles. The molecule has 2 atom stereocenters. The highest BCUT2D eigenvalue weighted by molar-refractivity contribution is 7.80. The van der Waals surface area contributed by atoms with Crippen molar-refractivity contribution >= 4 is 34.6 Å². The van der Waals surface area contributed by atoms with Crippen molar-refractivity contribution in [2.24, 2.45) is 0 Å². The second-order valence-electron chi connectivity index (χ2n) is 7.23. The average Bonchev–Trinajstić information content (AvgIpc) is 3.39. The smallest absolute Gasteiger partial charge is 0.174 e. The highest BCUT2D eigenvalue weighted by atomic mass is 35.5. The summed E-state index contributed by atoms with van der Waals surface area (Å²) < 4.78 is 16.5. The van der Waals surface area contributed by atoms with Crippen LogP contribution < -0.4 is 10.2 Å². The molecule has 0 radical (unpaired) electrons. The van der Waals surface area contributed by atoms with E-state index in [1.54, 1.807) is 18.3 Å². The molecule has 1 saturated heterocycles. The summed E-state index contributed by atoms with van der Waals surface area (Å²) in [6.07, 6.45) is 3.63. The summed E-state index contributed by atoms with van der Waals surface area (Å²) in [7, 11) is 0. The molecule has 0 amide bonds. The predicted molar refractivity (Wildman–Crippen MR) is 125 cm³/mol. The fraction of sp³-hybridized carbons (Fsp3) is 0.0833. The molecule has 3 heterocycles. The maximum atomic E-state index is 14.7. The number of hydrogen-bond acceptors (Lipinski definition) is 2. The zero-order valence-corrected chi connectivity index (χ0v) is 17.9. The van der Waals surface area contributed by atoms with E-state index in [9.17, 15) is 4.39 Å². The van der Waals surface area contributed by atoms with Gasteiger partial charge in [-0.05, 0) is 72.9 Å². The van der Waals surface area contributed by atoms with Gasteiger partial charge in [-0.15, -0.1) is 0 Å². The third-order valence-corrected chi connectivity index (χ3v) is 5.96. The number of thiocarbonyl (C=S) groups is 1. The largest absolute Gasteiger partial charge is 0.351 e. The van der Waals surface area contributed by atoms with Crippen molar-refractivity contribution < 1.29 is 4.39 Å². The zero-order valence-electron chi connectivity index (χ0n) is 16.3. The molecule has 1 aliphatic heterocycles. The summed E-state index contributed by atoms with van der Waals surface area (Å²) >= 11 is 11.9. The topological polar surface area (TPSA) is 33.1 Å². The maximum Gasteiger partial charge on any atom is 0.174 e. The van der Waals surface area contributed by atoms with Gasteiger partial charge in [0.05, 0.1) is 17.4 Å². The SMILES string of the molecule is Fc1ccccc1-n1cccc1[C@@H]1[C@@H](c2ccccn2)NC(=S)N1c1ccc(Cl)cc1. The van der Waals surface area contributed by atoms with Crippen molar-refractivity contribution in [2.75, 3.05) is 4.90 Å². The summed E-state index contributed by atoms with van der Waals surface area (Å²) in [5, 5.41) is 4.64. The van der Waals surface area contributed by atoms with Crippen LogP contribution in [-0.4, -0.2) is 14.7 Å². The first kappa shape index (κ1) is 19.7. The van der Waals surface area contributed by atoms with Gasteiger partial charge in [0.1, 0.15) is 11.9 Å². The Kier molecular flexibility index (Phi) is 5.18. The molecule has 4 nitrogen and oxygen atoms in total. The number of nitrogens with one attached hydrogen (secondary N) is 1. The maximum absolute atomic E-state index is 14.7. The number of hydrogen-bond donors (Lipinski definition) is 1. The third-order valence-electron chi connectivity index (χ3n) is 5.40. The van der Waals surface area contributed by atoms with E-state index in [0.717, 1.165) is 17.1 Å². The van der Waals surface area contributed by atoms with Crippen LogP contribution in [0.25, 0.3) is 5.69 Å². The Labute approximate surface area is 189 Å². The predicted octanol–water partition coefficient (Wildman–Crippen LogP) is 5.84. The summed E-state index contributed by atoms with van der Waals surface area (Å²) in [6.45, 7) is 0. The van der Waals surface area contributed by atoms with Gasteiger partial charge in [0, 0.05) is 28.8 Å². The van der Waals surface area contributed by atoms with Crippen LogP contribution in [0.2, 0.25) is 5.02 Å². The van der Waals surface area contributed by atoms with Crippen molar-refractivity contribution in [2.45, 2.75) is 12.1 Å². The molecule has 154 valence electrons. The number of halogens is 2. The number of aromatic nitrogens is 2. The lowest BCUT2D eigenvalue weighted by Crippen LogP contribution is -2.30. The van der Waals surface area contributed by atoms with Crippen molar-refractivity contribution in [3.05, 3.63) is 113 Å². The quantitative estimate of drug-likeness (QED) is 0.397. The summed E-state index contributed by atoms with van der Waals surface area (Å²) in [4.78, 5) is 6.60. The lowest BCUT2D eigenvalue weighted by atomic mass is 10.0. The minimum absolute atomic E-state index is 0.218. The molecule has 0 saturated carbocycles. The van der Waals surface area contributed by atoms with Crippen molar-refractivity contribution in [3.63, 3.8) is 0 Å². The van der Waals surface area contributed by atoms with Crippen LogP contribution in [0.1, 0.15) is 23.5 Å². The van der Waals surface area contributed by atoms with Gasteiger partial charge in [-0.1, -0.05) is 29.8 Å². The second kappa shape index (κ2) is 8.13. The van der Waals surface area contributed by atoms with Gasteiger partial charge in [-0.2, -0.15) is 0 Å². The van der Waals surface area contributed by atoms with Gasteiger partial charge in [-0.3, -0.25) is 4.98 Å². The summed E-state index contributed by atoms with van der Waals surface area (Å²) in [5.41, 5.74) is 3.12. The molecule has 1 fully saturated rings. The first-order valence-electron chi connectivity index (χ1n) is 9.82. The molecule has 31 heavy (non-hydrogen) atoms. The van der Waals surface area contributed by atoms with Crippen molar-refractivity contribution in [1.82, 2.24) is 14.9 Å². The number of benzene rings is 2. The van der Waals surface area contributed by atoms with Crippen LogP contribution in [0.4, 0.5) is 10.1 Å². The van der Waals surface area contributed by atoms with E-state index in [0.29, 0.717) is 15.8 Å². The minimum Gasteiger partial charge on any atom is -0.351 e. The molecule has 0 unspecified atom stereocenters. The Morgan fingerprint density at radius 3 is 2.45 bits per heavy atom. The lowest BCUT2D eigenvalue weighted by Gasteiger charge is -2.29. The van der Waals surface area contributed by atoms with Gasteiger partial charge in [0.15, 0.2) is 5.11 Å². The molecule has 1 N–H and O–H groups in total. The van der Waals surface area contributed by atoms with E-state index in [-0.39, 0.29) is 17.9 Å². The minimum atomic E-state index is -0.291. The Morgan fingerprint density at radius 1 is 0.935 bits per heavy atom. The van der Waals surface area contributed by atoms with E-state index >= 15 is 0 Å². The zero-order chi connectivity index (χ0) is 21.4. The molecule has 7 heteroatoms. The first-order chi connectivity index (χ1) is 15.1. The average molecular weight is 449 g/mol. The van der Waals surface area contributed by atoms with Gasteiger partial charge in [0.2, 0.25) is 0 Å². The standard InChI is InChI=1S/C24H18ClFN4S/c25-16-10-12-17(13-11-16)30-23(22(28-24(30)31)19-7-3-4-14-27-19)21-9-5-15-29(21)20-8-2-1-6-18(20)26/h1-15,22-23H,(H,28,31)/t22-,23-/m1/s1. The van der Waals surface area contributed by atoms with E-state index in [2.05, 4.69) is 10.3 Å². The van der Waals surface area contributed by atoms with Crippen LogP contribution in [0.15, 0.2) is 91.3 Å². The van der Waals surface area contributed by atoms with Crippen LogP contribution >= 0.6 is 23.8 Å². The summed E-state index contributed by atoms with van der Waals surface area (Å²) in [5.74, 6) is -0.291. The second-order valence-corrected chi connectivity index (χ2v) is 8.05. The highest BCUT2D eigenvalue weighted by Gasteiger charge is 2.42. The number of anilines is 1. The van der Waals surface area contributed by atoms with Gasteiger partial charge < -0.3 is 14.8 Å². The Bertz CT molecular complexity index is 1230. The molecule has 0 aliphatic carbocycles.